The molecule has 132 valence electrons. The Morgan fingerprint density at radius 3 is 1.88 bits per heavy atom. The Morgan fingerprint density at radius 2 is 1.32 bits per heavy atom. The van der Waals surface area contributed by atoms with Crippen molar-refractivity contribution < 1.29 is 5.11 Å². The van der Waals surface area contributed by atoms with Gasteiger partial charge in [-0.25, -0.2) is 0 Å². The molecule has 4 heteroatoms. The van der Waals surface area contributed by atoms with Crippen LogP contribution in [0.15, 0.2) is 48.5 Å². The average molecular weight is 337 g/mol. The maximum absolute atomic E-state index is 10.7. The molecule has 0 spiro atoms. The smallest absolute Gasteiger partial charge is 0.0845 e. The molecule has 4 nitrogen and oxygen atoms in total. The molecule has 0 bridgehead atoms. The fourth-order valence-corrected chi connectivity index (χ4v) is 4.05. The molecule has 1 aromatic heterocycles. The molecule has 0 saturated carbocycles. The van der Waals surface area contributed by atoms with Crippen molar-refractivity contribution in [2.45, 2.75) is 19.6 Å². The third kappa shape index (κ3) is 3.30. The first kappa shape index (κ1) is 16.6. The number of benzene rings is 2. The minimum Gasteiger partial charge on any atom is -0.390 e. The monoisotopic (exact) mass is 337 g/mol. The molecule has 1 aliphatic rings. The molecule has 1 fully saturated rings. The van der Waals surface area contributed by atoms with E-state index in [2.05, 4.69) is 69.8 Å². The highest BCUT2D eigenvalue weighted by atomic mass is 16.3. The zero-order valence-corrected chi connectivity index (χ0v) is 14.9. The van der Waals surface area contributed by atoms with Gasteiger partial charge in [0.15, 0.2) is 0 Å². The number of piperazine rings is 1. The number of aliphatic hydroxyl groups is 1. The molecular weight excluding hydrogens is 310 g/mol. The van der Waals surface area contributed by atoms with Gasteiger partial charge in [-0.3, -0.25) is 4.90 Å². The number of nitrogens with zero attached hydrogens (tertiary/aromatic N) is 3. The summed E-state index contributed by atoms with van der Waals surface area (Å²) in [5.74, 6) is 0. The van der Waals surface area contributed by atoms with Gasteiger partial charge in [0.2, 0.25) is 0 Å². The summed E-state index contributed by atoms with van der Waals surface area (Å²) in [6, 6.07) is 17.0. The molecule has 0 radical (unpaired) electrons. The van der Waals surface area contributed by atoms with Crippen LogP contribution in [0, 0.1) is 0 Å². The lowest BCUT2D eigenvalue weighted by Crippen LogP contribution is -2.48. The maximum atomic E-state index is 10.7. The van der Waals surface area contributed by atoms with Gasteiger partial charge < -0.3 is 14.6 Å². The second kappa shape index (κ2) is 7.16. The summed E-state index contributed by atoms with van der Waals surface area (Å²) in [5.41, 5.74) is 2.41. The normalized spacial score (nSPS) is 18.2. The predicted octanol–water partition coefficient (Wildman–Crippen LogP) is 2.79. The first-order chi connectivity index (χ1) is 12.3. The third-order valence-electron chi connectivity index (χ3n) is 5.45. The summed E-state index contributed by atoms with van der Waals surface area (Å²) < 4.78 is 2.28. The molecule has 1 unspecified atom stereocenters. The van der Waals surface area contributed by atoms with Gasteiger partial charge in [0, 0.05) is 54.5 Å². The molecule has 1 saturated heterocycles. The Labute approximate surface area is 149 Å². The van der Waals surface area contributed by atoms with E-state index in [0.29, 0.717) is 6.54 Å². The van der Waals surface area contributed by atoms with Gasteiger partial charge in [0.25, 0.3) is 0 Å². The first-order valence-corrected chi connectivity index (χ1v) is 9.35. The second-order valence-electron chi connectivity index (χ2n) is 7.03. The molecule has 1 aliphatic heterocycles. The molecular formula is C21H27N3O. The lowest BCUT2D eigenvalue weighted by atomic mass is 10.2. The number of aromatic nitrogens is 1. The van der Waals surface area contributed by atoms with Crippen LogP contribution in [0.2, 0.25) is 0 Å². The van der Waals surface area contributed by atoms with Crippen molar-refractivity contribution in [2.24, 2.45) is 0 Å². The zero-order valence-electron chi connectivity index (χ0n) is 14.9. The first-order valence-electron chi connectivity index (χ1n) is 9.35. The number of para-hydroxylation sites is 2. The highest BCUT2D eigenvalue weighted by Gasteiger charge is 2.19. The molecule has 2 aromatic carbocycles. The van der Waals surface area contributed by atoms with E-state index in [1.807, 2.05) is 0 Å². The SMILES string of the molecule is CCN1CCN(CC(O)Cn2c3ccccc3c3ccccc32)CC1. The molecule has 3 aromatic rings. The average Bonchev–Trinajstić information content (AvgIpc) is 2.97. The van der Waals surface area contributed by atoms with Gasteiger partial charge in [-0.2, -0.15) is 0 Å². The summed E-state index contributed by atoms with van der Waals surface area (Å²) >= 11 is 0. The van der Waals surface area contributed by atoms with Crippen LogP contribution in [0.25, 0.3) is 21.8 Å². The summed E-state index contributed by atoms with van der Waals surface area (Å²) in [7, 11) is 0. The largest absolute Gasteiger partial charge is 0.390 e. The quantitative estimate of drug-likeness (QED) is 0.777. The third-order valence-corrected chi connectivity index (χ3v) is 5.45. The Balaban J connectivity index is 1.54. The highest BCUT2D eigenvalue weighted by Crippen LogP contribution is 2.28. The van der Waals surface area contributed by atoms with Gasteiger partial charge in [0.05, 0.1) is 12.6 Å². The van der Waals surface area contributed by atoms with E-state index in [0.717, 1.165) is 39.3 Å². The van der Waals surface area contributed by atoms with E-state index in [1.54, 1.807) is 0 Å². The van der Waals surface area contributed by atoms with Crippen molar-refractivity contribution in [3.05, 3.63) is 48.5 Å². The van der Waals surface area contributed by atoms with E-state index >= 15 is 0 Å². The van der Waals surface area contributed by atoms with Crippen molar-refractivity contribution in [1.82, 2.24) is 14.4 Å². The Kier molecular flexibility index (Phi) is 4.75. The fraction of sp³-hybridized carbons (Fsp3) is 0.429. The van der Waals surface area contributed by atoms with Gasteiger partial charge in [0.1, 0.15) is 0 Å². The summed E-state index contributed by atoms with van der Waals surface area (Å²) in [6.45, 7) is 9.05. The number of likely N-dealkylation sites (N-methyl/N-ethyl adjacent to an activating group) is 1. The van der Waals surface area contributed by atoms with Gasteiger partial charge in [-0.15, -0.1) is 0 Å². The Morgan fingerprint density at radius 1 is 0.800 bits per heavy atom. The number of fused-ring (bicyclic) bond motifs is 3. The number of β-amino-alcohol motifs (C(OH)–C–C–N with tert-alkyl or cyclic N) is 1. The van der Waals surface area contributed by atoms with Gasteiger partial charge in [-0.1, -0.05) is 43.3 Å². The van der Waals surface area contributed by atoms with Crippen LogP contribution in [0.1, 0.15) is 6.92 Å². The fourth-order valence-electron chi connectivity index (χ4n) is 4.05. The summed E-state index contributed by atoms with van der Waals surface area (Å²) in [5, 5.41) is 13.3. The predicted molar refractivity (Wildman–Crippen MR) is 104 cm³/mol. The van der Waals surface area contributed by atoms with Gasteiger partial charge >= 0.3 is 0 Å². The van der Waals surface area contributed by atoms with E-state index in [4.69, 9.17) is 0 Å². The standard InChI is InChI=1S/C21H27N3O/c1-2-22-11-13-23(14-12-22)15-17(25)16-24-20-9-5-3-7-18(20)19-8-4-6-10-21(19)24/h3-10,17,25H,2,11-16H2,1H3. The minimum atomic E-state index is -0.354. The van der Waals surface area contributed by atoms with E-state index < -0.39 is 0 Å². The van der Waals surface area contributed by atoms with E-state index in [1.165, 1.54) is 21.8 Å². The lowest BCUT2D eigenvalue weighted by Gasteiger charge is -2.35. The lowest BCUT2D eigenvalue weighted by molar-refractivity contribution is 0.0671. The van der Waals surface area contributed by atoms with Crippen molar-refractivity contribution in [3.8, 4) is 0 Å². The molecule has 1 N–H and O–H groups in total. The van der Waals surface area contributed by atoms with Crippen LogP contribution in [0.4, 0.5) is 0 Å². The summed E-state index contributed by atoms with van der Waals surface area (Å²) in [6.07, 6.45) is -0.354. The van der Waals surface area contributed by atoms with E-state index in [9.17, 15) is 5.11 Å². The van der Waals surface area contributed by atoms with Crippen LogP contribution in [-0.4, -0.2) is 64.8 Å². The number of hydrogen-bond donors (Lipinski definition) is 1. The number of aliphatic hydroxyl groups excluding tert-OH is 1. The van der Waals surface area contributed by atoms with Crippen LogP contribution in [0.5, 0.6) is 0 Å². The molecule has 25 heavy (non-hydrogen) atoms. The van der Waals surface area contributed by atoms with Crippen LogP contribution in [-0.2, 0) is 6.54 Å². The Bertz CT molecular complexity index is 795. The highest BCUT2D eigenvalue weighted by molar-refractivity contribution is 6.07. The molecule has 0 aliphatic carbocycles. The number of hydrogen-bond acceptors (Lipinski definition) is 3. The molecule has 1 atom stereocenters. The van der Waals surface area contributed by atoms with Crippen LogP contribution >= 0.6 is 0 Å². The van der Waals surface area contributed by atoms with Crippen LogP contribution in [0.3, 0.4) is 0 Å². The van der Waals surface area contributed by atoms with Crippen molar-refractivity contribution in [1.29, 1.82) is 0 Å². The van der Waals surface area contributed by atoms with Crippen molar-refractivity contribution in [2.75, 3.05) is 39.3 Å². The number of rotatable bonds is 5. The van der Waals surface area contributed by atoms with Gasteiger partial charge in [-0.05, 0) is 18.7 Å². The second-order valence-corrected chi connectivity index (χ2v) is 7.03. The van der Waals surface area contributed by atoms with Crippen LogP contribution < -0.4 is 0 Å². The zero-order chi connectivity index (χ0) is 17.2. The summed E-state index contributed by atoms with van der Waals surface area (Å²) in [4.78, 5) is 4.86. The topological polar surface area (TPSA) is 31.6 Å². The maximum Gasteiger partial charge on any atom is 0.0845 e. The minimum absolute atomic E-state index is 0.354. The Hall–Kier alpha value is -1.88. The van der Waals surface area contributed by atoms with Crippen molar-refractivity contribution in [3.63, 3.8) is 0 Å². The molecule has 2 heterocycles. The molecule has 0 amide bonds. The van der Waals surface area contributed by atoms with Crippen molar-refractivity contribution >= 4 is 21.8 Å². The molecule has 4 rings (SSSR count). The van der Waals surface area contributed by atoms with E-state index in [-0.39, 0.29) is 6.10 Å².